The Bertz CT molecular complexity index is 259. The lowest BCUT2D eigenvalue weighted by atomic mass is 10.6. The van der Waals surface area contributed by atoms with Crippen molar-refractivity contribution in [2.75, 3.05) is 0 Å². The van der Waals surface area contributed by atoms with Gasteiger partial charge in [-0.3, -0.25) is 0 Å². The van der Waals surface area contributed by atoms with Gasteiger partial charge in [0, 0.05) is 6.92 Å². The fraction of sp³-hybridized carbons (Fsp3) is 0.429. The minimum Gasteiger partial charge on any atom is -0.196 e. The zero-order valence-electron chi connectivity index (χ0n) is 8.36. The van der Waals surface area contributed by atoms with Gasteiger partial charge in [-0.1, -0.05) is 0 Å². The predicted molar refractivity (Wildman–Crippen MR) is 47.3 cm³/mol. The Morgan fingerprint density at radius 3 is 1.06 bits per heavy atom. The van der Waals surface area contributed by atoms with E-state index in [1.807, 2.05) is 15.9 Å². The summed E-state index contributed by atoms with van der Waals surface area (Å²) in [6, 6.07) is 0. The topological polar surface area (TPSA) is 0 Å². The molecule has 0 rings (SSSR count). The van der Waals surface area contributed by atoms with Gasteiger partial charge in [-0.15, -0.1) is 0 Å². The van der Waals surface area contributed by atoms with Crippen molar-refractivity contribution in [3.63, 3.8) is 0 Å². The lowest BCUT2D eigenvalue weighted by Gasteiger charge is -1.98. The summed E-state index contributed by atoms with van der Waals surface area (Å²) in [4.78, 5) is -2.69. The average Bonchev–Trinajstić information content (AvgIpc) is 1.96. The standard InChI is InChI=1S/C3F6.C2H3BrF2.C2H2F2/c4-1(2(5)6)3(7,8)9;1-2(3,4)5;1-2(3)4/h;1H3;1H2. The Balaban J connectivity index is -0.000000212. The minimum absolute atomic E-state index is 0.771. The fourth-order valence-corrected chi connectivity index (χ4v) is 0.107. The molecule has 0 spiro atoms. The highest BCUT2D eigenvalue weighted by Gasteiger charge is 2.38. The van der Waals surface area contributed by atoms with E-state index in [0.717, 1.165) is 6.92 Å². The van der Waals surface area contributed by atoms with Crippen LogP contribution in [0.15, 0.2) is 24.6 Å². The molecule has 0 aromatic heterocycles. The van der Waals surface area contributed by atoms with Crippen LogP contribution >= 0.6 is 15.9 Å². The third-order valence-electron chi connectivity index (χ3n) is 0.415. The monoisotopic (exact) mass is 358 g/mol. The fourth-order valence-electron chi connectivity index (χ4n) is 0.107. The Morgan fingerprint density at radius 1 is 0.889 bits per heavy atom. The Morgan fingerprint density at radius 2 is 1.06 bits per heavy atom. The van der Waals surface area contributed by atoms with E-state index in [0.29, 0.717) is 0 Å². The van der Waals surface area contributed by atoms with E-state index in [1.165, 1.54) is 0 Å². The van der Waals surface area contributed by atoms with Crippen molar-refractivity contribution in [3.8, 4) is 0 Å². The van der Waals surface area contributed by atoms with Crippen LogP contribution in [0.3, 0.4) is 0 Å². The molecular formula is C7H5BrF10. The molecule has 0 unspecified atom stereocenters. The molecular weight excluding hydrogens is 354 g/mol. The molecule has 18 heavy (non-hydrogen) atoms. The third kappa shape index (κ3) is 36.2. The molecule has 0 radical (unpaired) electrons. The molecule has 0 aromatic carbocycles. The molecule has 0 amide bonds. The first-order valence-electron chi connectivity index (χ1n) is 3.43. The summed E-state index contributed by atoms with van der Waals surface area (Å²) < 4.78 is 107. The summed E-state index contributed by atoms with van der Waals surface area (Å²) in [5.41, 5.74) is 0. The Labute approximate surface area is 103 Å². The molecule has 0 aliphatic rings. The quantitative estimate of drug-likeness (QED) is 0.367. The second-order valence-electron chi connectivity index (χ2n) is 2.19. The zero-order chi connectivity index (χ0) is 15.7. The summed E-state index contributed by atoms with van der Waals surface area (Å²) in [6.07, 6.45) is -10.7. The molecule has 0 bridgehead atoms. The van der Waals surface area contributed by atoms with E-state index in [9.17, 15) is 43.9 Å². The molecule has 0 N–H and O–H groups in total. The first kappa shape index (κ1) is 22.4. The van der Waals surface area contributed by atoms with E-state index < -0.39 is 29.0 Å². The SMILES string of the molecule is C=C(F)F.CC(F)(F)Br.FC(F)=C(F)C(F)(F)F. The predicted octanol–water partition coefficient (Wildman–Crippen LogP) is 6.02. The Hall–Kier alpha value is -0.740. The normalized spacial score (nSPS) is 10.4. The summed E-state index contributed by atoms with van der Waals surface area (Å²) in [7, 11) is 0. The van der Waals surface area contributed by atoms with Crippen molar-refractivity contribution in [2.45, 2.75) is 17.9 Å². The van der Waals surface area contributed by atoms with Crippen LogP contribution in [-0.4, -0.2) is 11.0 Å². The number of hydrogen-bond acceptors (Lipinski definition) is 0. The number of allylic oxidation sites excluding steroid dienone is 1. The molecule has 0 heterocycles. The lowest BCUT2D eigenvalue weighted by Crippen LogP contribution is -2.08. The molecule has 0 aliphatic heterocycles. The number of alkyl halides is 6. The van der Waals surface area contributed by atoms with Crippen molar-refractivity contribution >= 4 is 15.9 Å². The Kier molecular flexibility index (Phi) is 11.5. The van der Waals surface area contributed by atoms with Crippen LogP contribution in [0.1, 0.15) is 6.92 Å². The van der Waals surface area contributed by atoms with Gasteiger partial charge in [-0.2, -0.15) is 43.9 Å². The summed E-state index contributed by atoms with van der Waals surface area (Å²) in [5, 5.41) is 0. The van der Waals surface area contributed by atoms with Gasteiger partial charge >= 0.3 is 12.3 Å². The van der Waals surface area contributed by atoms with Gasteiger partial charge in [0.1, 0.15) is 0 Å². The van der Waals surface area contributed by atoms with E-state index >= 15 is 0 Å². The van der Waals surface area contributed by atoms with Gasteiger partial charge in [0.25, 0.3) is 16.7 Å². The smallest absolute Gasteiger partial charge is 0.196 e. The number of halogens is 11. The largest absolute Gasteiger partial charge is 0.448 e. The van der Waals surface area contributed by atoms with E-state index in [-0.39, 0.29) is 0 Å². The first-order valence-corrected chi connectivity index (χ1v) is 4.23. The highest BCUT2D eigenvalue weighted by atomic mass is 79.9. The van der Waals surface area contributed by atoms with Gasteiger partial charge in [0.05, 0.1) is 0 Å². The molecule has 0 fully saturated rings. The molecule has 0 aliphatic carbocycles. The highest BCUT2D eigenvalue weighted by molar-refractivity contribution is 9.09. The molecule has 110 valence electrons. The van der Waals surface area contributed by atoms with Crippen LogP contribution in [0.25, 0.3) is 0 Å². The van der Waals surface area contributed by atoms with Gasteiger partial charge in [-0.05, 0) is 22.5 Å². The molecule has 11 heteroatoms. The second kappa shape index (κ2) is 9.22. The molecule has 0 aromatic rings. The van der Waals surface area contributed by atoms with Crippen molar-refractivity contribution < 1.29 is 43.9 Å². The van der Waals surface area contributed by atoms with E-state index in [1.54, 1.807) is 0 Å². The van der Waals surface area contributed by atoms with E-state index in [2.05, 4.69) is 6.58 Å². The van der Waals surface area contributed by atoms with Crippen molar-refractivity contribution in [2.24, 2.45) is 0 Å². The maximum absolute atomic E-state index is 11.0. The summed E-state index contributed by atoms with van der Waals surface area (Å²) in [6.45, 7) is 2.99. The van der Waals surface area contributed by atoms with Crippen molar-refractivity contribution in [3.05, 3.63) is 24.6 Å². The molecule has 0 saturated heterocycles. The highest BCUT2D eigenvalue weighted by Crippen LogP contribution is 2.29. The molecule has 0 atom stereocenters. The summed E-state index contributed by atoms with van der Waals surface area (Å²) in [5.74, 6) is -3.33. The van der Waals surface area contributed by atoms with Crippen LogP contribution in [0, 0.1) is 0 Å². The third-order valence-corrected chi connectivity index (χ3v) is 0.415. The van der Waals surface area contributed by atoms with Crippen LogP contribution in [0.2, 0.25) is 0 Å². The maximum atomic E-state index is 11.0. The first-order chi connectivity index (χ1) is 7.59. The van der Waals surface area contributed by atoms with Gasteiger partial charge in [0.2, 0.25) is 0 Å². The average molecular weight is 359 g/mol. The van der Waals surface area contributed by atoms with Gasteiger partial charge in [0.15, 0.2) is 0 Å². The lowest BCUT2D eigenvalue weighted by molar-refractivity contribution is -0.113. The second-order valence-corrected chi connectivity index (χ2v) is 3.58. The van der Waals surface area contributed by atoms with E-state index in [4.69, 9.17) is 0 Å². The van der Waals surface area contributed by atoms with Crippen LogP contribution in [0.4, 0.5) is 43.9 Å². The van der Waals surface area contributed by atoms with Gasteiger partial charge in [-0.25, -0.2) is 0 Å². The van der Waals surface area contributed by atoms with Crippen LogP contribution < -0.4 is 0 Å². The van der Waals surface area contributed by atoms with Crippen LogP contribution in [0.5, 0.6) is 0 Å². The van der Waals surface area contributed by atoms with Crippen LogP contribution in [-0.2, 0) is 0 Å². The zero-order valence-corrected chi connectivity index (χ0v) is 9.95. The number of hydrogen-bond donors (Lipinski definition) is 0. The maximum Gasteiger partial charge on any atom is 0.448 e. The van der Waals surface area contributed by atoms with Gasteiger partial charge < -0.3 is 0 Å². The summed E-state index contributed by atoms with van der Waals surface area (Å²) >= 11 is 2.04. The van der Waals surface area contributed by atoms with Crippen molar-refractivity contribution in [1.29, 1.82) is 0 Å². The molecule has 0 saturated carbocycles. The number of rotatable bonds is 0. The molecule has 0 nitrogen and oxygen atoms in total. The van der Waals surface area contributed by atoms with Crippen molar-refractivity contribution in [1.82, 2.24) is 0 Å². The minimum atomic E-state index is -5.56.